The van der Waals surface area contributed by atoms with Crippen LogP contribution in [0.1, 0.15) is 83.2 Å². The number of carbonyl (C=O) groups excluding carboxylic acids is 1. The average molecular weight is 717 g/mol. The fourth-order valence-electron chi connectivity index (χ4n) is 4.56. The number of aryl methyl sites for hydroxylation is 3. The number of aromatic nitrogens is 1. The van der Waals surface area contributed by atoms with E-state index >= 15 is 0 Å². The van der Waals surface area contributed by atoms with Gasteiger partial charge in [-0.1, -0.05) is 72.7 Å². The second-order valence-electron chi connectivity index (χ2n) is 12.5. The summed E-state index contributed by atoms with van der Waals surface area (Å²) in [7, 11) is 0. The third kappa shape index (κ3) is 8.25. The largest absolute Gasteiger partial charge is 0.512 e. The Balaban J connectivity index is 0.000000623. The molecule has 2 aromatic carbocycles. The average Bonchev–Trinajstić information content (AvgIpc) is 3.19. The number of pyridine rings is 1. The molecule has 2 heterocycles. The molecule has 0 fully saturated rings. The Hall–Kier alpha value is -3.01. The smallest absolute Gasteiger partial charge is 0.217 e. The molecule has 0 saturated carbocycles. The number of aliphatic hydroxyl groups excluding tert-OH is 1. The SMILES string of the molecule is CC(=O)/C=C(/C)O.Cc1[c-]c(-c2ccc3cc(-c4c(C)cc(C(C)(C)C)cc4C)oc3n2)cc(C(C)(C)C)c1.[Ir]. The van der Waals surface area contributed by atoms with Crippen LogP contribution in [0.3, 0.4) is 0 Å². The Morgan fingerprint density at radius 2 is 1.43 bits per heavy atom. The van der Waals surface area contributed by atoms with Gasteiger partial charge in [0, 0.05) is 37.1 Å². The number of fused-ring (bicyclic) bond motifs is 1. The normalized spacial score (nSPS) is 12.0. The van der Waals surface area contributed by atoms with Crippen LogP contribution < -0.4 is 0 Å². The summed E-state index contributed by atoms with van der Waals surface area (Å²) in [4.78, 5) is 14.9. The first-order valence-electron chi connectivity index (χ1n) is 13.4. The van der Waals surface area contributed by atoms with Gasteiger partial charge in [-0.2, -0.15) is 0 Å². The molecule has 0 bridgehead atoms. The third-order valence-corrected chi connectivity index (χ3v) is 6.59. The molecule has 0 atom stereocenters. The van der Waals surface area contributed by atoms with Gasteiger partial charge in [-0.05, 0) is 67.0 Å². The van der Waals surface area contributed by atoms with Crippen LogP contribution >= 0.6 is 0 Å². The molecule has 5 heteroatoms. The van der Waals surface area contributed by atoms with E-state index in [1.807, 2.05) is 0 Å². The number of nitrogens with zero attached hydrogens (tertiary/aromatic N) is 1. The number of carbonyl (C=O) groups is 1. The van der Waals surface area contributed by atoms with Crippen molar-refractivity contribution >= 4 is 16.9 Å². The number of allylic oxidation sites excluding steroid dienone is 2. The fourth-order valence-corrected chi connectivity index (χ4v) is 4.56. The molecule has 0 spiro atoms. The minimum atomic E-state index is -0.125. The molecule has 2 aromatic heterocycles. The molecule has 4 rings (SSSR count). The summed E-state index contributed by atoms with van der Waals surface area (Å²) < 4.78 is 6.31. The van der Waals surface area contributed by atoms with Crippen LogP contribution in [0.15, 0.2) is 58.7 Å². The number of hydrogen-bond acceptors (Lipinski definition) is 4. The number of benzene rings is 2. The van der Waals surface area contributed by atoms with Gasteiger partial charge in [0.1, 0.15) is 5.76 Å². The maximum atomic E-state index is 10.0. The topological polar surface area (TPSA) is 63.3 Å². The zero-order valence-corrected chi connectivity index (χ0v) is 28.1. The van der Waals surface area contributed by atoms with Crippen molar-refractivity contribution in [3.8, 4) is 22.6 Å². The first kappa shape index (κ1) is 33.2. The minimum Gasteiger partial charge on any atom is -0.512 e. The van der Waals surface area contributed by atoms with E-state index in [1.165, 1.54) is 42.2 Å². The van der Waals surface area contributed by atoms with E-state index < -0.39 is 0 Å². The molecule has 215 valence electrons. The fraction of sp³-hybridized carbons (Fsp3) is 0.371. The quantitative estimate of drug-likeness (QED) is 0.130. The van der Waals surface area contributed by atoms with Crippen molar-refractivity contribution in [1.82, 2.24) is 4.98 Å². The molecule has 0 aliphatic heterocycles. The van der Waals surface area contributed by atoms with Gasteiger partial charge in [0.2, 0.25) is 5.71 Å². The first-order valence-corrected chi connectivity index (χ1v) is 13.4. The molecule has 0 amide bonds. The van der Waals surface area contributed by atoms with E-state index in [-0.39, 0.29) is 42.5 Å². The predicted molar refractivity (Wildman–Crippen MR) is 162 cm³/mol. The van der Waals surface area contributed by atoms with Crippen molar-refractivity contribution in [2.24, 2.45) is 0 Å². The molecule has 0 aliphatic rings. The maximum absolute atomic E-state index is 10.0. The van der Waals surface area contributed by atoms with Crippen molar-refractivity contribution in [3.63, 3.8) is 0 Å². The Morgan fingerprint density at radius 1 is 0.875 bits per heavy atom. The van der Waals surface area contributed by atoms with E-state index in [1.54, 1.807) is 0 Å². The molecular weight excluding hydrogens is 675 g/mol. The zero-order chi connectivity index (χ0) is 29.3. The number of hydrogen-bond donors (Lipinski definition) is 1. The van der Waals surface area contributed by atoms with Crippen LogP contribution in [0.2, 0.25) is 0 Å². The van der Waals surface area contributed by atoms with E-state index in [4.69, 9.17) is 14.5 Å². The molecule has 0 aliphatic carbocycles. The zero-order valence-electron chi connectivity index (χ0n) is 25.7. The predicted octanol–water partition coefficient (Wildman–Crippen LogP) is 9.52. The summed E-state index contributed by atoms with van der Waals surface area (Å²) in [5, 5.41) is 9.38. The van der Waals surface area contributed by atoms with Crippen LogP contribution in [-0.4, -0.2) is 15.9 Å². The van der Waals surface area contributed by atoms with Crippen LogP contribution in [-0.2, 0) is 35.7 Å². The van der Waals surface area contributed by atoms with E-state index in [0.29, 0.717) is 5.71 Å². The Morgan fingerprint density at radius 3 is 1.90 bits per heavy atom. The van der Waals surface area contributed by atoms with Crippen molar-refractivity contribution in [2.45, 2.75) is 87.0 Å². The molecule has 0 saturated heterocycles. The number of furan rings is 1. The number of rotatable bonds is 3. The summed E-state index contributed by atoms with van der Waals surface area (Å²) >= 11 is 0. The first-order chi connectivity index (χ1) is 18.0. The molecule has 1 radical (unpaired) electrons. The van der Waals surface area contributed by atoms with Crippen molar-refractivity contribution in [3.05, 3.63) is 88.2 Å². The van der Waals surface area contributed by atoms with Crippen LogP contribution in [0.4, 0.5) is 0 Å². The standard InChI is InChI=1S/C30H34NO.C5H8O2.Ir/c1-18-12-22(16-23(13-18)29(4,5)6)25-11-10-21-17-26(32-28(21)31-25)27-19(2)14-24(15-20(27)3)30(7,8)9;1-4(6)3-5(2)7;/h10-11,13-17H,1-9H3;3,6H,1-2H3;/q-1;;/b;4-3-;. The summed E-state index contributed by atoms with van der Waals surface area (Å²) in [5.74, 6) is 0.816. The van der Waals surface area contributed by atoms with E-state index in [9.17, 15) is 4.79 Å². The van der Waals surface area contributed by atoms with Crippen molar-refractivity contribution in [1.29, 1.82) is 0 Å². The summed E-state index contributed by atoms with van der Waals surface area (Å²) in [6.07, 6.45) is 1.17. The molecular formula is C35H42IrNO3-. The third-order valence-electron chi connectivity index (χ3n) is 6.59. The Labute approximate surface area is 253 Å². The van der Waals surface area contributed by atoms with Gasteiger partial charge in [-0.25, -0.2) is 0 Å². The maximum Gasteiger partial charge on any atom is 0.217 e. The summed E-state index contributed by atoms with van der Waals surface area (Å²) in [6.45, 7) is 22.7. The van der Waals surface area contributed by atoms with Gasteiger partial charge in [-0.15, -0.1) is 34.9 Å². The number of aliphatic hydroxyl groups is 1. The second-order valence-corrected chi connectivity index (χ2v) is 12.5. The molecule has 0 unspecified atom stereocenters. The van der Waals surface area contributed by atoms with Crippen molar-refractivity contribution in [2.75, 3.05) is 0 Å². The van der Waals surface area contributed by atoms with E-state index in [0.717, 1.165) is 33.5 Å². The van der Waals surface area contributed by atoms with Crippen LogP contribution in [0.25, 0.3) is 33.7 Å². The monoisotopic (exact) mass is 717 g/mol. The summed E-state index contributed by atoms with van der Waals surface area (Å²) in [5.41, 5.74) is 10.2. The Kier molecular flexibility index (Phi) is 10.5. The number of ketones is 1. The van der Waals surface area contributed by atoms with Crippen LogP contribution in [0, 0.1) is 26.8 Å². The molecule has 4 aromatic rings. The Bertz CT molecular complexity index is 1520. The summed E-state index contributed by atoms with van der Waals surface area (Å²) in [6, 6.07) is 18.7. The van der Waals surface area contributed by atoms with Gasteiger partial charge >= 0.3 is 0 Å². The van der Waals surface area contributed by atoms with Crippen LogP contribution in [0.5, 0.6) is 0 Å². The molecule has 40 heavy (non-hydrogen) atoms. The van der Waals surface area contributed by atoms with Gasteiger partial charge in [-0.3, -0.25) is 9.78 Å². The molecule has 4 nitrogen and oxygen atoms in total. The van der Waals surface area contributed by atoms with E-state index in [2.05, 4.69) is 111 Å². The van der Waals surface area contributed by atoms with Gasteiger partial charge < -0.3 is 9.52 Å². The van der Waals surface area contributed by atoms with Gasteiger partial charge in [0.05, 0.1) is 5.76 Å². The minimum absolute atomic E-state index is 0. The second kappa shape index (κ2) is 12.7. The van der Waals surface area contributed by atoms with Crippen molar-refractivity contribution < 1.29 is 34.4 Å². The van der Waals surface area contributed by atoms with Gasteiger partial charge in [0.25, 0.3) is 0 Å². The molecule has 1 N–H and O–H groups in total. The van der Waals surface area contributed by atoms with Gasteiger partial charge in [0.15, 0.2) is 5.78 Å².